The molecule has 51 heavy (non-hydrogen) atoms. The molecular weight excluding hydrogens is 642 g/mol. The molecule has 298 valence electrons. The van der Waals surface area contributed by atoms with Crippen molar-refractivity contribution in [2.24, 2.45) is 0 Å². The average molecular weight is 722 g/mol. The Kier molecular flexibility index (Phi) is 37.4. The van der Waals surface area contributed by atoms with Crippen molar-refractivity contribution in [1.29, 1.82) is 0 Å². The summed E-state index contributed by atoms with van der Waals surface area (Å²) >= 11 is 0. The van der Waals surface area contributed by atoms with Crippen LogP contribution in [0.4, 0.5) is 0 Å². The predicted octanol–water partition coefficient (Wildman–Crippen LogP) is 12.5. The molecule has 0 aromatic carbocycles. The van der Waals surface area contributed by atoms with E-state index in [1.165, 1.54) is 133 Å². The molecule has 0 aliphatic heterocycles. The summed E-state index contributed by atoms with van der Waals surface area (Å²) in [6, 6.07) is 0. The highest BCUT2D eigenvalue weighted by Crippen LogP contribution is 2.16. The number of carbonyl (C=O) groups excluding carboxylic acids is 2. The average Bonchev–Trinajstić information content (AvgIpc) is 3.10. The molecule has 0 fully saturated rings. The van der Waals surface area contributed by atoms with E-state index in [9.17, 15) is 14.4 Å². The Bertz CT molecular complexity index is 857. The maximum atomic E-state index is 12.2. The normalized spacial score (nSPS) is 12.3. The van der Waals surface area contributed by atoms with Crippen LogP contribution in [0.1, 0.15) is 212 Å². The van der Waals surface area contributed by atoms with Crippen LogP contribution in [-0.4, -0.2) is 48.3 Å². The van der Waals surface area contributed by atoms with Crippen LogP contribution < -0.4 is 0 Å². The van der Waals surface area contributed by atoms with Crippen LogP contribution in [0.2, 0.25) is 0 Å². The van der Waals surface area contributed by atoms with E-state index in [-0.39, 0.29) is 6.42 Å². The van der Waals surface area contributed by atoms with Gasteiger partial charge < -0.3 is 5.11 Å². The lowest BCUT2D eigenvalue weighted by molar-refractivity contribution is -0.275. The molecule has 0 saturated carbocycles. The summed E-state index contributed by atoms with van der Waals surface area (Å²) in [5, 5.41) is 10.1. The Morgan fingerprint density at radius 1 is 0.510 bits per heavy atom. The van der Waals surface area contributed by atoms with E-state index >= 15 is 0 Å². The van der Waals surface area contributed by atoms with Crippen molar-refractivity contribution in [2.75, 3.05) is 14.1 Å². The van der Waals surface area contributed by atoms with Gasteiger partial charge in [-0.05, 0) is 70.6 Å². The highest BCUT2D eigenvalue weighted by Gasteiger charge is 2.24. The van der Waals surface area contributed by atoms with E-state index in [1.807, 2.05) is 6.92 Å². The largest absolute Gasteiger partial charge is 0.481 e. The fourth-order valence-electron chi connectivity index (χ4n) is 6.16. The fourth-order valence-corrected chi connectivity index (χ4v) is 6.16. The summed E-state index contributed by atoms with van der Waals surface area (Å²) in [7, 11) is 3.43. The standard InChI is InChI=1S/C43H79NO7/c1-4-37-42(47)50-51-43(48)40(49-44(2)3)38-35-33-31-29-27-25-23-21-19-17-15-13-11-9-7-5-6-8-10-12-14-16-18-20-22-24-26-28-30-32-34-36-39-41(45)46/h22-25,40H,4-21,26-39H2,1-3H3,(H,45,46). The molecule has 0 amide bonds. The third-order valence-corrected chi connectivity index (χ3v) is 9.20. The van der Waals surface area contributed by atoms with Gasteiger partial charge in [0.15, 0.2) is 6.10 Å². The van der Waals surface area contributed by atoms with Gasteiger partial charge in [0.2, 0.25) is 0 Å². The molecule has 0 heterocycles. The van der Waals surface area contributed by atoms with Gasteiger partial charge >= 0.3 is 17.9 Å². The van der Waals surface area contributed by atoms with E-state index in [2.05, 4.69) is 34.1 Å². The maximum Gasteiger partial charge on any atom is 0.386 e. The van der Waals surface area contributed by atoms with Crippen molar-refractivity contribution >= 4 is 17.9 Å². The van der Waals surface area contributed by atoms with E-state index in [0.717, 1.165) is 51.4 Å². The monoisotopic (exact) mass is 722 g/mol. The third kappa shape index (κ3) is 38.9. The van der Waals surface area contributed by atoms with E-state index in [0.29, 0.717) is 19.3 Å². The second-order valence-corrected chi connectivity index (χ2v) is 14.5. The van der Waals surface area contributed by atoms with Crippen LogP contribution in [0.3, 0.4) is 0 Å². The van der Waals surface area contributed by atoms with Crippen molar-refractivity contribution in [3.63, 3.8) is 0 Å². The first-order valence-electron chi connectivity index (χ1n) is 21.1. The molecule has 1 N–H and O–H groups in total. The van der Waals surface area contributed by atoms with E-state index < -0.39 is 24.0 Å². The number of allylic oxidation sites excluding steroid dienone is 4. The molecule has 0 aromatic rings. The summed E-state index contributed by atoms with van der Waals surface area (Å²) < 4.78 is 0. The van der Waals surface area contributed by atoms with Crippen LogP contribution in [0.25, 0.3) is 0 Å². The summed E-state index contributed by atoms with van der Waals surface area (Å²) in [6.45, 7) is 1.86. The Morgan fingerprint density at radius 3 is 1.22 bits per heavy atom. The number of hydrogen-bond acceptors (Lipinski definition) is 7. The molecule has 0 aliphatic carbocycles. The van der Waals surface area contributed by atoms with Crippen molar-refractivity contribution in [2.45, 2.75) is 218 Å². The number of carbonyl (C=O) groups is 3. The zero-order chi connectivity index (χ0) is 37.5. The Balaban J connectivity index is 3.41. The van der Waals surface area contributed by atoms with Gasteiger partial charge in [-0.2, -0.15) is 5.06 Å². The summed E-state index contributed by atoms with van der Waals surface area (Å²) in [5.41, 5.74) is 0. The quantitative estimate of drug-likeness (QED) is 0.0291. The number of nitrogens with zero attached hydrogens (tertiary/aromatic N) is 1. The van der Waals surface area contributed by atoms with E-state index in [4.69, 9.17) is 9.94 Å². The molecule has 0 aromatic heterocycles. The Hall–Kier alpha value is -2.19. The summed E-state index contributed by atoms with van der Waals surface area (Å²) in [5.74, 6) is -1.88. The first kappa shape index (κ1) is 48.8. The van der Waals surface area contributed by atoms with Gasteiger partial charge in [0.1, 0.15) is 0 Å². The Morgan fingerprint density at radius 2 is 0.863 bits per heavy atom. The predicted molar refractivity (Wildman–Crippen MR) is 210 cm³/mol. The molecule has 0 rings (SSSR count). The number of carboxylic acid groups (broad SMARTS) is 1. The van der Waals surface area contributed by atoms with Crippen LogP contribution >= 0.6 is 0 Å². The minimum Gasteiger partial charge on any atom is -0.481 e. The zero-order valence-electron chi connectivity index (χ0n) is 33.4. The summed E-state index contributed by atoms with van der Waals surface area (Å²) in [4.78, 5) is 49.0. The SMILES string of the molecule is CCCC(=O)OOC(=O)C(CCCCCCC=CCCCCCCCCCCCCCCCCCC=CCCCCCCCC(=O)O)ON(C)C. The van der Waals surface area contributed by atoms with Crippen molar-refractivity contribution < 1.29 is 34.1 Å². The molecule has 8 nitrogen and oxygen atoms in total. The van der Waals surface area contributed by atoms with Gasteiger partial charge in [0.05, 0.1) is 0 Å². The highest BCUT2D eigenvalue weighted by molar-refractivity contribution is 5.76. The van der Waals surface area contributed by atoms with Crippen molar-refractivity contribution in [3.05, 3.63) is 24.3 Å². The minimum absolute atomic E-state index is 0.216. The van der Waals surface area contributed by atoms with Gasteiger partial charge in [-0.15, -0.1) is 0 Å². The van der Waals surface area contributed by atoms with Crippen LogP contribution in [-0.2, 0) is 29.0 Å². The fraction of sp³-hybridized carbons (Fsp3) is 0.837. The van der Waals surface area contributed by atoms with Crippen LogP contribution in [0.5, 0.6) is 0 Å². The van der Waals surface area contributed by atoms with Gasteiger partial charge in [-0.3, -0.25) is 9.63 Å². The number of carboxylic acids is 1. The molecule has 1 unspecified atom stereocenters. The first-order valence-corrected chi connectivity index (χ1v) is 21.1. The van der Waals surface area contributed by atoms with Crippen LogP contribution in [0.15, 0.2) is 24.3 Å². The first-order chi connectivity index (χ1) is 24.9. The lowest BCUT2D eigenvalue weighted by Crippen LogP contribution is -2.32. The lowest BCUT2D eigenvalue weighted by Gasteiger charge is -2.19. The second-order valence-electron chi connectivity index (χ2n) is 14.5. The Labute approximate surface area is 313 Å². The molecule has 0 aliphatic rings. The topological polar surface area (TPSA) is 102 Å². The summed E-state index contributed by atoms with van der Waals surface area (Å²) in [6.07, 6.45) is 45.3. The minimum atomic E-state index is -0.770. The smallest absolute Gasteiger partial charge is 0.386 e. The number of hydroxylamine groups is 2. The number of aliphatic carboxylic acids is 1. The van der Waals surface area contributed by atoms with Gasteiger partial charge in [0, 0.05) is 26.9 Å². The number of rotatable bonds is 38. The molecule has 0 saturated heterocycles. The third-order valence-electron chi connectivity index (χ3n) is 9.20. The van der Waals surface area contributed by atoms with Gasteiger partial charge in [0.25, 0.3) is 0 Å². The zero-order valence-corrected chi connectivity index (χ0v) is 33.4. The van der Waals surface area contributed by atoms with E-state index in [1.54, 1.807) is 14.1 Å². The van der Waals surface area contributed by atoms with Crippen LogP contribution in [0, 0.1) is 0 Å². The molecular formula is C43H79NO7. The molecule has 0 spiro atoms. The lowest BCUT2D eigenvalue weighted by atomic mass is 10.0. The molecule has 0 radical (unpaired) electrons. The molecule has 1 atom stereocenters. The van der Waals surface area contributed by atoms with Gasteiger partial charge in [-0.25, -0.2) is 19.4 Å². The van der Waals surface area contributed by atoms with Gasteiger partial charge in [-0.1, -0.05) is 153 Å². The maximum absolute atomic E-state index is 12.2. The number of unbranched alkanes of at least 4 members (excludes halogenated alkanes) is 25. The van der Waals surface area contributed by atoms with Crippen molar-refractivity contribution in [1.82, 2.24) is 5.06 Å². The van der Waals surface area contributed by atoms with Crippen molar-refractivity contribution in [3.8, 4) is 0 Å². The highest BCUT2D eigenvalue weighted by atomic mass is 17.2. The molecule has 0 bridgehead atoms. The molecule has 8 heteroatoms. The second kappa shape index (κ2) is 39.0. The number of hydrogen-bond donors (Lipinski definition) is 1.